The molecule has 0 aromatic heterocycles. The summed E-state index contributed by atoms with van der Waals surface area (Å²) in [6, 6.07) is 9.39. The number of rotatable bonds is 4. The van der Waals surface area contributed by atoms with E-state index in [9.17, 15) is 24.1 Å². The molecule has 1 N–H and O–H groups in total. The molecule has 134 valence electrons. The van der Waals surface area contributed by atoms with Gasteiger partial charge in [-0.1, -0.05) is 6.07 Å². The first kappa shape index (κ1) is 17.5. The molecule has 2 aromatic carbocycles. The Morgan fingerprint density at radius 2 is 1.96 bits per heavy atom. The first-order chi connectivity index (χ1) is 12.4. The molecule has 0 bridgehead atoms. The molecule has 2 amide bonds. The van der Waals surface area contributed by atoms with Crippen LogP contribution < -0.4 is 10.2 Å². The minimum Gasteiger partial charge on any atom is -0.347 e. The first-order valence-corrected chi connectivity index (χ1v) is 7.97. The van der Waals surface area contributed by atoms with E-state index >= 15 is 0 Å². The summed E-state index contributed by atoms with van der Waals surface area (Å²) in [5.74, 6) is -1.05. The van der Waals surface area contributed by atoms with Crippen LogP contribution in [0.4, 0.5) is 15.8 Å². The average Bonchev–Trinajstić information content (AvgIpc) is 2.95. The number of carbonyl (C=O) groups is 2. The minimum absolute atomic E-state index is 0.108. The number of nitro groups is 1. The van der Waals surface area contributed by atoms with E-state index in [4.69, 9.17) is 0 Å². The molecule has 0 spiro atoms. The number of amides is 2. The highest BCUT2D eigenvalue weighted by Crippen LogP contribution is 2.24. The molecule has 2 aromatic rings. The Bertz CT molecular complexity index is 883. The summed E-state index contributed by atoms with van der Waals surface area (Å²) in [6.07, 6.45) is 0.108. The third-order valence-corrected chi connectivity index (χ3v) is 4.35. The molecule has 1 aliphatic rings. The zero-order chi connectivity index (χ0) is 18.8. The molecule has 7 nitrogen and oxygen atoms in total. The smallest absolute Gasteiger partial charge is 0.273 e. The van der Waals surface area contributed by atoms with Crippen LogP contribution in [0.15, 0.2) is 42.5 Å². The van der Waals surface area contributed by atoms with Crippen LogP contribution in [0, 0.1) is 22.9 Å². The van der Waals surface area contributed by atoms with E-state index in [0.717, 1.165) is 0 Å². The van der Waals surface area contributed by atoms with Crippen molar-refractivity contribution >= 4 is 23.2 Å². The highest BCUT2D eigenvalue weighted by Gasteiger charge is 2.32. The maximum Gasteiger partial charge on any atom is 0.273 e. The van der Waals surface area contributed by atoms with Crippen LogP contribution in [0.5, 0.6) is 0 Å². The largest absolute Gasteiger partial charge is 0.347 e. The van der Waals surface area contributed by atoms with E-state index in [1.54, 1.807) is 0 Å². The third-order valence-electron chi connectivity index (χ3n) is 4.35. The van der Waals surface area contributed by atoms with Gasteiger partial charge in [0, 0.05) is 35.8 Å². The third kappa shape index (κ3) is 3.39. The van der Waals surface area contributed by atoms with Crippen LogP contribution in [0.1, 0.15) is 22.3 Å². The topological polar surface area (TPSA) is 92.6 Å². The van der Waals surface area contributed by atoms with Gasteiger partial charge in [-0.15, -0.1) is 0 Å². The van der Waals surface area contributed by atoms with Gasteiger partial charge in [-0.2, -0.15) is 0 Å². The monoisotopic (exact) mass is 357 g/mol. The summed E-state index contributed by atoms with van der Waals surface area (Å²) < 4.78 is 13.0. The van der Waals surface area contributed by atoms with Crippen LogP contribution in [0.2, 0.25) is 0 Å². The van der Waals surface area contributed by atoms with Crippen molar-refractivity contribution in [2.75, 3.05) is 11.4 Å². The summed E-state index contributed by atoms with van der Waals surface area (Å²) in [5.41, 5.74) is 0.898. The summed E-state index contributed by atoms with van der Waals surface area (Å²) in [4.78, 5) is 36.6. The van der Waals surface area contributed by atoms with Gasteiger partial charge in [-0.05, 0) is 37.3 Å². The molecule has 0 unspecified atom stereocenters. The molecule has 3 rings (SSSR count). The van der Waals surface area contributed by atoms with Crippen LogP contribution in [0.25, 0.3) is 0 Å². The van der Waals surface area contributed by atoms with E-state index in [2.05, 4.69) is 5.32 Å². The van der Waals surface area contributed by atoms with E-state index in [0.29, 0.717) is 5.69 Å². The second-order valence-corrected chi connectivity index (χ2v) is 6.06. The lowest BCUT2D eigenvalue weighted by Gasteiger charge is -2.17. The minimum atomic E-state index is -0.540. The lowest BCUT2D eigenvalue weighted by Crippen LogP contribution is -2.37. The van der Waals surface area contributed by atoms with E-state index in [1.807, 2.05) is 0 Å². The van der Waals surface area contributed by atoms with Crippen LogP contribution >= 0.6 is 0 Å². The number of anilines is 1. The standard InChI is InChI=1S/C18H16FN3O4/c1-11-15(3-2-4-16(11)22(25)26)18(24)20-13-9-17(23)21(10-13)14-7-5-12(19)6-8-14/h2-8,13H,9-10H2,1H3,(H,20,24)/t13-/m1/s1. The predicted molar refractivity (Wildman–Crippen MR) is 92.5 cm³/mol. The molecule has 0 saturated carbocycles. The molecule has 1 fully saturated rings. The Morgan fingerprint density at radius 1 is 1.27 bits per heavy atom. The zero-order valence-electron chi connectivity index (χ0n) is 13.9. The maximum atomic E-state index is 13.0. The fourth-order valence-corrected chi connectivity index (χ4v) is 3.01. The maximum absolute atomic E-state index is 13.0. The molecule has 8 heteroatoms. The van der Waals surface area contributed by atoms with E-state index in [1.165, 1.54) is 54.3 Å². The highest BCUT2D eigenvalue weighted by molar-refractivity contribution is 5.99. The van der Waals surface area contributed by atoms with Crippen molar-refractivity contribution in [2.24, 2.45) is 0 Å². The molecular formula is C18H16FN3O4. The highest BCUT2D eigenvalue weighted by atomic mass is 19.1. The molecule has 1 aliphatic heterocycles. The number of nitrogens with one attached hydrogen (secondary N) is 1. The van der Waals surface area contributed by atoms with Gasteiger partial charge in [0.1, 0.15) is 5.82 Å². The molecule has 1 heterocycles. The molecule has 26 heavy (non-hydrogen) atoms. The molecule has 0 radical (unpaired) electrons. The number of hydrogen-bond acceptors (Lipinski definition) is 4. The van der Waals surface area contributed by atoms with Gasteiger partial charge in [0.25, 0.3) is 11.6 Å². The molecule has 1 saturated heterocycles. The first-order valence-electron chi connectivity index (χ1n) is 7.97. The predicted octanol–water partition coefficient (Wildman–Crippen LogP) is 2.58. The van der Waals surface area contributed by atoms with Crippen molar-refractivity contribution in [1.29, 1.82) is 0 Å². The SMILES string of the molecule is Cc1c(C(=O)N[C@@H]2CC(=O)N(c3ccc(F)cc3)C2)cccc1[N+](=O)[O-]. The van der Waals surface area contributed by atoms with Crippen molar-refractivity contribution in [3.05, 3.63) is 69.5 Å². The van der Waals surface area contributed by atoms with E-state index in [-0.39, 0.29) is 35.7 Å². The van der Waals surface area contributed by atoms with Gasteiger partial charge >= 0.3 is 0 Å². The number of hydrogen-bond donors (Lipinski definition) is 1. The lowest BCUT2D eigenvalue weighted by molar-refractivity contribution is -0.385. The van der Waals surface area contributed by atoms with Gasteiger partial charge in [0.2, 0.25) is 5.91 Å². The molecule has 0 aliphatic carbocycles. The van der Waals surface area contributed by atoms with Gasteiger partial charge in [0.15, 0.2) is 0 Å². The average molecular weight is 357 g/mol. The fourth-order valence-electron chi connectivity index (χ4n) is 3.01. The Labute approximate surface area is 148 Å². The van der Waals surface area contributed by atoms with E-state index < -0.39 is 22.7 Å². The van der Waals surface area contributed by atoms with Gasteiger partial charge in [-0.25, -0.2) is 4.39 Å². The van der Waals surface area contributed by atoms with Crippen LogP contribution in [0.3, 0.4) is 0 Å². The summed E-state index contributed by atoms with van der Waals surface area (Å²) >= 11 is 0. The van der Waals surface area contributed by atoms with Gasteiger partial charge < -0.3 is 10.2 Å². The second kappa shape index (κ2) is 6.91. The van der Waals surface area contributed by atoms with Crippen LogP contribution in [-0.4, -0.2) is 29.3 Å². The summed E-state index contributed by atoms with van der Waals surface area (Å²) in [5, 5.41) is 13.7. The number of nitrogens with zero attached hydrogens (tertiary/aromatic N) is 2. The van der Waals surface area contributed by atoms with Crippen LogP contribution in [-0.2, 0) is 4.79 Å². The lowest BCUT2D eigenvalue weighted by atomic mass is 10.1. The molecular weight excluding hydrogens is 341 g/mol. The Kier molecular flexibility index (Phi) is 4.66. The normalized spacial score (nSPS) is 16.6. The van der Waals surface area contributed by atoms with Gasteiger partial charge in [0.05, 0.1) is 11.0 Å². The number of nitro benzene ring substituents is 1. The quantitative estimate of drug-likeness (QED) is 0.672. The van der Waals surface area contributed by atoms with Gasteiger partial charge in [-0.3, -0.25) is 19.7 Å². The fraction of sp³-hybridized carbons (Fsp3) is 0.222. The zero-order valence-corrected chi connectivity index (χ0v) is 13.9. The second-order valence-electron chi connectivity index (χ2n) is 6.06. The van der Waals surface area contributed by atoms with Crippen molar-refractivity contribution in [3.63, 3.8) is 0 Å². The van der Waals surface area contributed by atoms with Crippen molar-refractivity contribution in [1.82, 2.24) is 5.32 Å². The Morgan fingerprint density at radius 3 is 2.62 bits per heavy atom. The summed E-state index contributed by atoms with van der Waals surface area (Å²) in [7, 11) is 0. The Hall–Kier alpha value is -3.29. The number of benzene rings is 2. The molecule has 1 atom stereocenters. The number of carbonyl (C=O) groups excluding carboxylic acids is 2. The van der Waals surface area contributed by atoms with Crippen molar-refractivity contribution in [3.8, 4) is 0 Å². The van der Waals surface area contributed by atoms with Crippen molar-refractivity contribution in [2.45, 2.75) is 19.4 Å². The van der Waals surface area contributed by atoms with Crippen molar-refractivity contribution < 1.29 is 18.9 Å². The number of halogens is 1. The Balaban J connectivity index is 1.73. The summed E-state index contributed by atoms with van der Waals surface area (Å²) in [6.45, 7) is 1.77.